The summed E-state index contributed by atoms with van der Waals surface area (Å²) in [7, 11) is 0. The van der Waals surface area contributed by atoms with Crippen molar-refractivity contribution in [3.8, 4) is 0 Å². The Morgan fingerprint density at radius 3 is 2.84 bits per heavy atom. The van der Waals surface area contributed by atoms with Crippen molar-refractivity contribution < 1.29 is 0 Å². The molecule has 1 aromatic heterocycles. The number of rotatable bonds is 1. The molecule has 2 aromatic rings. The smallest absolute Gasteiger partial charge is 0.201 e. The molecule has 0 spiro atoms. The molecule has 1 aromatic carbocycles. The highest BCUT2D eigenvalue weighted by atomic mass is 35.5. The summed E-state index contributed by atoms with van der Waals surface area (Å²) in [6.07, 6.45) is 3.65. The van der Waals surface area contributed by atoms with Crippen LogP contribution in [0, 0.1) is 11.8 Å². The molecule has 0 aliphatic heterocycles. The number of nitrogens with zero attached hydrogens (tertiary/aromatic N) is 2. The number of hydrogen-bond donors (Lipinski definition) is 1. The molecule has 3 rings (SSSR count). The number of anilines is 1. The zero-order valence-electron chi connectivity index (χ0n) is 11.4. The van der Waals surface area contributed by atoms with Crippen LogP contribution >= 0.6 is 11.6 Å². The second-order valence-electron chi connectivity index (χ2n) is 5.91. The lowest BCUT2D eigenvalue weighted by molar-refractivity contribution is 0.213. The lowest BCUT2D eigenvalue weighted by atomic mass is 9.79. The number of benzene rings is 1. The predicted octanol–water partition coefficient (Wildman–Crippen LogP) is 4.27. The molecule has 3 nitrogen and oxygen atoms in total. The lowest BCUT2D eigenvalue weighted by Gasteiger charge is -2.34. The molecule has 102 valence electrons. The zero-order chi connectivity index (χ0) is 13.6. The van der Waals surface area contributed by atoms with Crippen molar-refractivity contribution in [3.63, 3.8) is 0 Å². The van der Waals surface area contributed by atoms with Gasteiger partial charge in [-0.3, -0.25) is 0 Å². The Hall–Kier alpha value is -1.22. The summed E-state index contributed by atoms with van der Waals surface area (Å²) in [6, 6.07) is 6.23. The van der Waals surface area contributed by atoms with Gasteiger partial charge in [0.25, 0.3) is 0 Å². The first-order valence-electron chi connectivity index (χ1n) is 7.00. The molecule has 1 fully saturated rings. The van der Waals surface area contributed by atoms with E-state index in [9.17, 15) is 0 Å². The Bertz CT molecular complexity index is 605. The van der Waals surface area contributed by atoms with Gasteiger partial charge in [-0.05, 0) is 43.2 Å². The van der Waals surface area contributed by atoms with E-state index in [0.29, 0.717) is 17.9 Å². The van der Waals surface area contributed by atoms with Crippen LogP contribution in [-0.2, 0) is 0 Å². The maximum absolute atomic E-state index is 6.35. The fraction of sp³-hybridized carbons (Fsp3) is 0.533. The minimum atomic E-state index is 0.418. The Kier molecular flexibility index (Phi) is 3.17. The van der Waals surface area contributed by atoms with Gasteiger partial charge in [-0.2, -0.15) is 0 Å². The summed E-state index contributed by atoms with van der Waals surface area (Å²) in [4.78, 5) is 4.46. The largest absolute Gasteiger partial charge is 0.369 e. The van der Waals surface area contributed by atoms with Crippen LogP contribution in [-0.4, -0.2) is 9.55 Å². The second kappa shape index (κ2) is 4.71. The monoisotopic (exact) mass is 277 g/mol. The van der Waals surface area contributed by atoms with Gasteiger partial charge in [0.2, 0.25) is 5.95 Å². The Labute approximate surface area is 118 Å². The van der Waals surface area contributed by atoms with Crippen molar-refractivity contribution in [3.05, 3.63) is 23.2 Å². The van der Waals surface area contributed by atoms with Crippen LogP contribution < -0.4 is 5.73 Å². The summed E-state index contributed by atoms with van der Waals surface area (Å²) < 4.78 is 2.16. The molecule has 1 aliphatic carbocycles. The second-order valence-corrected chi connectivity index (χ2v) is 6.32. The van der Waals surface area contributed by atoms with Gasteiger partial charge in [0.05, 0.1) is 16.1 Å². The van der Waals surface area contributed by atoms with Crippen LogP contribution in [0.2, 0.25) is 5.02 Å². The van der Waals surface area contributed by atoms with Crippen LogP contribution in [0.15, 0.2) is 18.2 Å². The highest BCUT2D eigenvalue weighted by molar-refractivity contribution is 6.35. The third-order valence-electron chi connectivity index (χ3n) is 4.41. The number of para-hydroxylation sites is 1. The first-order valence-corrected chi connectivity index (χ1v) is 7.37. The summed E-state index contributed by atoms with van der Waals surface area (Å²) >= 11 is 6.35. The molecule has 1 heterocycles. The lowest BCUT2D eigenvalue weighted by Crippen LogP contribution is -2.25. The van der Waals surface area contributed by atoms with Crippen LogP contribution in [0.5, 0.6) is 0 Å². The van der Waals surface area contributed by atoms with Crippen molar-refractivity contribution >= 4 is 28.6 Å². The van der Waals surface area contributed by atoms with Crippen molar-refractivity contribution in [1.82, 2.24) is 9.55 Å². The SMILES string of the molecule is CC1CCC(n2c(N)nc3cccc(Cl)c32)C(C)C1. The number of halogens is 1. The maximum Gasteiger partial charge on any atom is 0.201 e. The zero-order valence-corrected chi connectivity index (χ0v) is 12.2. The molecule has 19 heavy (non-hydrogen) atoms. The molecule has 1 saturated carbocycles. The van der Waals surface area contributed by atoms with Gasteiger partial charge in [0.15, 0.2) is 0 Å². The number of nitrogen functional groups attached to an aromatic ring is 1. The van der Waals surface area contributed by atoms with Crippen molar-refractivity contribution in [2.45, 2.75) is 39.2 Å². The van der Waals surface area contributed by atoms with Crippen LogP contribution in [0.4, 0.5) is 5.95 Å². The molecule has 3 atom stereocenters. The van der Waals surface area contributed by atoms with Gasteiger partial charge in [0.1, 0.15) is 0 Å². The molecule has 0 radical (unpaired) electrons. The Morgan fingerprint density at radius 1 is 1.32 bits per heavy atom. The summed E-state index contributed by atoms with van der Waals surface area (Å²) in [5, 5.41) is 0.743. The highest BCUT2D eigenvalue weighted by Gasteiger charge is 2.29. The predicted molar refractivity (Wildman–Crippen MR) is 80.4 cm³/mol. The normalized spacial score (nSPS) is 27.8. The maximum atomic E-state index is 6.35. The average molecular weight is 278 g/mol. The molecule has 0 saturated heterocycles. The van der Waals surface area contributed by atoms with Gasteiger partial charge in [-0.1, -0.05) is 31.5 Å². The van der Waals surface area contributed by atoms with E-state index in [0.717, 1.165) is 28.4 Å². The summed E-state index contributed by atoms with van der Waals surface area (Å²) in [6.45, 7) is 4.64. The summed E-state index contributed by atoms with van der Waals surface area (Å²) in [5.41, 5.74) is 8.04. The van der Waals surface area contributed by atoms with E-state index < -0.39 is 0 Å². The van der Waals surface area contributed by atoms with Crippen molar-refractivity contribution in [2.75, 3.05) is 5.73 Å². The molecule has 1 aliphatic rings. The van der Waals surface area contributed by atoms with E-state index in [4.69, 9.17) is 17.3 Å². The number of hydrogen-bond acceptors (Lipinski definition) is 2. The van der Waals surface area contributed by atoms with Gasteiger partial charge in [-0.15, -0.1) is 0 Å². The minimum Gasteiger partial charge on any atom is -0.369 e. The number of fused-ring (bicyclic) bond motifs is 1. The first-order chi connectivity index (χ1) is 9.08. The van der Waals surface area contributed by atoms with E-state index in [1.807, 2.05) is 18.2 Å². The quantitative estimate of drug-likeness (QED) is 0.846. The topological polar surface area (TPSA) is 43.8 Å². The summed E-state index contributed by atoms with van der Waals surface area (Å²) in [5.74, 6) is 2.01. The average Bonchev–Trinajstić information content (AvgIpc) is 2.67. The highest BCUT2D eigenvalue weighted by Crippen LogP contribution is 2.40. The molecular weight excluding hydrogens is 258 g/mol. The fourth-order valence-electron chi connectivity index (χ4n) is 3.49. The van der Waals surface area contributed by atoms with Gasteiger partial charge in [0, 0.05) is 6.04 Å². The van der Waals surface area contributed by atoms with Gasteiger partial charge in [-0.25, -0.2) is 4.98 Å². The Balaban J connectivity index is 2.12. The Morgan fingerprint density at radius 2 is 2.11 bits per heavy atom. The number of nitrogens with two attached hydrogens (primary N) is 1. The van der Waals surface area contributed by atoms with Crippen molar-refractivity contribution in [1.29, 1.82) is 0 Å². The molecule has 2 N–H and O–H groups in total. The van der Waals surface area contributed by atoms with E-state index in [1.165, 1.54) is 12.8 Å². The molecule has 3 unspecified atom stereocenters. The standard InChI is InChI=1S/C15H20ClN3/c1-9-6-7-13(10(2)8-9)19-14-11(16)4-3-5-12(14)18-15(19)17/h3-5,9-10,13H,6-8H2,1-2H3,(H2,17,18). The van der Waals surface area contributed by atoms with E-state index in [1.54, 1.807) is 0 Å². The molecule has 4 heteroatoms. The molecular formula is C15H20ClN3. The third-order valence-corrected chi connectivity index (χ3v) is 4.71. The van der Waals surface area contributed by atoms with Gasteiger partial charge >= 0.3 is 0 Å². The number of imidazole rings is 1. The van der Waals surface area contributed by atoms with Gasteiger partial charge < -0.3 is 10.3 Å². The molecule has 0 bridgehead atoms. The van der Waals surface area contributed by atoms with E-state index in [-0.39, 0.29) is 0 Å². The van der Waals surface area contributed by atoms with Crippen molar-refractivity contribution in [2.24, 2.45) is 11.8 Å². The van der Waals surface area contributed by atoms with Crippen LogP contribution in [0.3, 0.4) is 0 Å². The van der Waals surface area contributed by atoms with E-state index >= 15 is 0 Å². The fourth-order valence-corrected chi connectivity index (χ4v) is 3.75. The molecule has 0 amide bonds. The van der Waals surface area contributed by atoms with Crippen LogP contribution in [0.25, 0.3) is 11.0 Å². The third kappa shape index (κ3) is 2.10. The minimum absolute atomic E-state index is 0.418. The first kappa shape index (κ1) is 12.8. The van der Waals surface area contributed by atoms with E-state index in [2.05, 4.69) is 23.4 Å². The number of aromatic nitrogens is 2. The van der Waals surface area contributed by atoms with Crippen LogP contribution in [0.1, 0.15) is 39.2 Å².